The highest BCUT2D eigenvalue weighted by Crippen LogP contribution is 2.35. The second kappa shape index (κ2) is 7.82. The van der Waals surface area contributed by atoms with E-state index in [1.165, 1.54) is 11.6 Å². The smallest absolute Gasteiger partial charge is 0.166 e. The third-order valence-corrected chi connectivity index (χ3v) is 4.06. The second-order valence-electron chi connectivity index (χ2n) is 8.06. The molecule has 138 valence electrons. The topological polar surface area (TPSA) is 0 Å². The van der Waals surface area contributed by atoms with E-state index in [0.29, 0.717) is 5.41 Å². The first-order valence-corrected chi connectivity index (χ1v) is 8.53. The minimum absolute atomic E-state index is 0.164. The molecule has 0 aromatic heterocycles. The highest BCUT2D eigenvalue weighted by molar-refractivity contribution is 6.31. The molecule has 2 aromatic carbocycles. The van der Waals surface area contributed by atoms with Crippen LogP contribution in [0, 0.1) is 0 Å². The summed E-state index contributed by atoms with van der Waals surface area (Å²) in [4.78, 5) is 0. The van der Waals surface area contributed by atoms with Crippen LogP contribution in [0.1, 0.15) is 58.2 Å². The molecule has 0 radical (unpaired) electrons. The lowest BCUT2D eigenvalue weighted by molar-refractivity contribution is -0.137. The predicted molar refractivity (Wildman–Crippen MR) is 100 cm³/mol. The molecule has 0 aliphatic carbocycles. The lowest BCUT2D eigenvalue weighted by Gasteiger charge is -2.21. The summed E-state index contributed by atoms with van der Waals surface area (Å²) in [6.07, 6.45) is -4.33. The summed E-state index contributed by atoms with van der Waals surface area (Å²) in [5, 5.41) is 0.164. The predicted octanol–water partition coefficient (Wildman–Crippen LogP) is 7.64. The Labute approximate surface area is 154 Å². The Bertz CT molecular complexity index is 675. The van der Waals surface area contributed by atoms with E-state index in [0.717, 1.165) is 17.7 Å². The molecule has 2 aromatic rings. The van der Waals surface area contributed by atoms with Gasteiger partial charge in [-0.25, -0.2) is 0 Å². The highest BCUT2D eigenvalue weighted by Gasteiger charge is 2.31. The average Bonchev–Trinajstić information content (AvgIpc) is 2.45. The fourth-order valence-electron chi connectivity index (χ4n) is 2.24. The zero-order valence-corrected chi connectivity index (χ0v) is 16.4. The molecule has 2 rings (SSSR count). The van der Waals surface area contributed by atoms with Crippen LogP contribution in [-0.4, -0.2) is 0 Å². The second-order valence-corrected chi connectivity index (χ2v) is 8.47. The third-order valence-electron chi connectivity index (χ3n) is 3.74. The zero-order valence-electron chi connectivity index (χ0n) is 15.6. The van der Waals surface area contributed by atoms with E-state index >= 15 is 0 Å². The zero-order chi connectivity index (χ0) is 19.5. The minimum atomic E-state index is -4.33. The molecule has 0 unspecified atom stereocenters. The van der Waals surface area contributed by atoms with Crippen LogP contribution in [-0.2, 0) is 17.0 Å². The fraction of sp³-hybridized carbons (Fsp3) is 0.429. The molecule has 25 heavy (non-hydrogen) atoms. The van der Waals surface area contributed by atoms with Crippen molar-refractivity contribution in [3.8, 4) is 0 Å². The molecule has 0 fully saturated rings. The maximum Gasteiger partial charge on any atom is 0.416 e. The van der Waals surface area contributed by atoms with Gasteiger partial charge >= 0.3 is 6.18 Å². The van der Waals surface area contributed by atoms with Crippen LogP contribution < -0.4 is 0 Å². The Morgan fingerprint density at radius 2 is 1.20 bits per heavy atom. The molecule has 0 atom stereocenters. The quantitative estimate of drug-likeness (QED) is 0.447. The Morgan fingerprint density at radius 3 is 1.52 bits per heavy atom. The molecule has 0 saturated heterocycles. The van der Waals surface area contributed by atoms with E-state index < -0.39 is 11.7 Å². The van der Waals surface area contributed by atoms with Crippen molar-refractivity contribution < 1.29 is 13.2 Å². The van der Waals surface area contributed by atoms with E-state index in [-0.39, 0.29) is 10.4 Å². The van der Waals surface area contributed by atoms with Crippen LogP contribution >= 0.6 is 11.6 Å². The molecule has 0 saturated carbocycles. The van der Waals surface area contributed by atoms with Crippen LogP contribution in [0.2, 0.25) is 5.02 Å². The molecule has 0 heterocycles. The van der Waals surface area contributed by atoms with Gasteiger partial charge in [0.05, 0.1) is 5.56 Å². The van der Waals surface area contributed by atoms with Crippen molar-refractivity contribution >= 4 is 11.6 Å². The number of benzene rings is 2. The van der Waals surface area contributed by atoms with Gasteiger partial charge in [0.2, 0.25) is 0 Å². The number of halogens is 4. The van der Waals surface area contributed by atoms with Crippen LogP contribution in [0.15, 0.2) is 48.5 Å². The number of hydrogen-bond acceptors (Lipinski definition) is 0. The Hall–Kier alpha value is -1.48. The lowest BCUT2D eigenvalue weighted by atomic mass is 9.86. The van der Waals surface area contributed by atoms with Crippen molar-refractivity contribution in [2.45, 2.75) is 58.5 Å². The van der Waals surface area contributed by atoms with Crippen molar-refractivity contribution in [2.75, 3.05) is 0 Å². The summed E-state index contributed by atoms with van der Waals surface area (Å²) < 4.78 is 37.0. The molecule has 0 amide bonds. The summed E-state index contributed by atoms with van der Waals surface area (Å²) >= 11 is 5.82. The average molecular weight is 371 g/mol. The van der Waals surface area contributed by atoms with Gasteiger partial charge in [-0.3, -0.25) is 0 Å². The third kappa shape index (κ3) is 6.74. The first kappa shape index (κ1) is 21.6. The van der Waals surface area contributed by atoms with Crippen molar-refractivity contribution in [1.29, 1.82) is 0 Å². The molecule has 0 aliphatic rings. The summed E-state index contributed by atoms with van der Waals surface area (Å²) in [7, 11) is 0. The molecule has 0 bridgehead atoms. The number of rotatable bonds is 0. The number of hydrogen-bond donors (Lipinski definition) is 0. The summed E-state index contributed by atoms with van der Waals surface area (Å²) in [5.74, 6) is 0. The Kier molecular flexibility index (Phi) is 6.74. The first-order chi connectivity index (χ1) is 11.2. The van der Waals surface area contributed by atoms with Crippen molar-refractivity contribution in [3.63, 3.8) is 0 Å². The molecule has 0 aliphatic heterocycles. The molecule has 0 spiro atoms. The number of alkyl halides is 3. The van der Waals surface area contributed by atoms with E-state index in [2.05, 4.69) is 51.1 Å². The van der Waals surface area contributed by atoms with Crippen LogP contribution in [0.25, 0.3) is 0 Å². The molecular weight excluding hydrogens is 345 g/mol. The summed E-state index contributed by atoms with van der Waals surface area (Å²) in [6.45, 7) is 12.4. The van der Waals surface area contributed by atoms with Gasteiger partial charge in [0.1, 0.15) is 0 Å². The molecule has 0 nitrogen and oxygen atoms in total. The van der Waals surface area contributed by atoms with Crippen molar-refractivity contribution in [1.82, 2.24) is 0 Å². The fourth-order valence-corrected chi connectivity index (χ4v) is 2.70. The van der Waals surface area contributed by atoms with Crippen LogP contribution in [0.3, 0.4) is 0 Å². The molecule has 0 N–H and O–H groups in total. The lowest BCUT2D eigenvalue weighted by Crippen LogP contribution is -2.13. The maximum absolute atomic E-state index is 12.3. The summed E-state index contributed by atoms with van der Waals surface area (Å²) in [6, 6.07) is 14.0. The van der Waals surface area contributed by atoms with Crippen LogP contribution in [0.4, 0.5) is 13.2 Å². The Balaban J connectivity index is 0.000000271. The summed E-state index contributed by atoms with van der Waals surface area (Å²) in [5.41, 5.74) is 1.45. The van der Waals surface area contributed by atoms with Gasteiger partial charge < -0.3 is 0 Å². The Morgan fingerprint density at radius 1 is 0.680 bits per heavy atom. The molecule has 4 heteroatoms. The maximum atomic E-state index is 12.3. The van der Waals surface area contributed by atoms with Gasteiger partial charge in [-0.15, -0.1) is 0 Å². The van der Waals surface area contributed by atoms with Crippen LogP contribution in [0.5, 0.6) is 0 Å². The highest BCUT2D eigenvalue weighted by atomic mass is 35.5. The standard InChI is InChI=1S/C11H12ClF3.C10H14/c1-10(2,3)8-5-4-7(6-9(8)12)11(13,14)15;1-10(2,3)9-7-5-4-6-8-9/h4-6H,1-3H3;4-8H,1-3H3. The van der Waals surface area contributed by atoms with Crippen molar-refractivity contribution in [2.24, 2.45) is 0 Å². The van der Waals surface area contributed by atoms with Gasteiger partial charge in [-0.1, -0.05) is 89.5 Å². The van der Waals surface area contributed by atoms with E-state index in [1.54, 1.807) is 0 Å². The van der Waals surface area contributed by atoms with Gasteiger partial charge in [0.25, 0.3) is 0 Å². The normalized spacial score (nSPS) is 12.4. The van der Waals surface area contributed by atoms with Gasteiger partial charge in [-0.2, -0.15) is 13.2 Å². The molecular formula is C21H26ClF3. The van der Waals surface area contributed by atoms with E-state index in [4.69, 9.17) is 11.6 Å². The van der Waals surface area contributed by atoms with Gasteiger partial charge in [0, 0.05) is 5.02 Å². The SMILES string of the molecule is CC(C)(C)c1ccc(C(F)(F)F)cc1Cl.CC(C)(C)c1ccccc1. The van der Waals surface area contributed by atoms with E-state index in [9.17, 15) is 13.2 Å². The van der Waals surface area contributed by atoms with E-state index in [1.807, 2.05) is 20.8 Å². The monoisotopic (exact) mass is 370 g/mol. The van der Waals surface area contributed by atoms with Gasteiger partial charge in [-0.05, 0) is 34.1 Å². The largest absolute Gasteiger partial charge is 0.416 e. The first-order valence-electron chi connectivity index (χ1n) is 8.15. The van der Waals surface area contributed by atoms with Crippen molar-refractivity contribution in [3.05, 3.63) is 70.2 Å². The minimum Gasteiger partial charge on any atom is -0.166 e. The van der Waals surface area contributed by atoms with Gasteiger partial charge in [0.15, 0.2) is 0 Å².